The summed E-state index contributed by atoms with van der Waals surface area (Å²) in [4.78, 5) is 11.8. The molecule has 2 heteroatoms. The average molecular weight is 178 g/mol. The third-order valence-corrected chi connectivity index (χ3v) is 2.74. The van der Waals surface area contributed by atoms with Gasteiger partial charge in [0.1, 0.15) is 12.0 Å². The van der Waals surface area contributed by atoms with Gasteiger partial charge in [-0.05, 0) is 25.8 Å². The minimum Gasteiger partial charge on any atom is -0.469 e. The lowest BCUT2D eigenvalue weighted by atomic mass is 9.98. The summed E-state index contributed by atoms with van der Waals surface area (Å²) in [5, 5.41) is 0. The van der Waals surface area contributed by atoms with Gasteiger partial charge in [0.25, 0.3) is 0 Å². The predicted molar refractivity (Wildman–Crippen MR) is 49.7 cm³/mol. The number of aryl methyl sites for hydroxylation is 1. The molecule has 13 heavy (non-hydrogen) atoms. The van der Waals surface area contributed by atoms with Gasteiger partial charge < -0.3 is 4.42 Å². The molecule has 70 valence electrons. The smallest absolute Gasteiger partial charge is 0.169 e. The third kappa shape index (κ3) is 1.67. The summed E-state index contributed by atoms with van der Waals surface area (Å²) in [5.41, 5.74) is 0.754. The van der Waals surface area contributed by atoms with Crippen molar-refractivity contribution in [1.82, 2.24) is 0 Å². The summed E-state index contributed by atoms with van der Waals surface area (Å²) in [5.74, 6) is 1.35. The molecule has 0 radical (unpaired) electrons. The number of Topliss-reactive ketones (excluding diaryl/α,β-unsaturated/α-hetero) is 1. The molecule has 0 saturated heterocycles. The Kier molecular flexibility index (Phi) is 2.21. The topological polar surface area (TPSA) is 30.2 Å². The predicted octanol–water partition coefficient (Wildman–Crippen LogP) is 2.96. The number of carbonyl (C=O) groups excluding carboxylic acids is 1. The summed E-state index contributed by atoms with van der Waals surface area (Å²) in [6, 6.07) is 1.83. The van der Waals surface area contributed by atoms with Gasteiger partial charge in [-0.1, -0.05) is 12.8 Å². The first kappa shape index (κ1) is 8.54. The van der Waals surface area contributed by atoms with Crippen molar-refractivity contribution in [2.24, 2.45) is 5.92 Å². The van der Waals surface area contributed by atoms with Crippen molar-refractivity contribution in [3.63, 3.8) is 0 Å². The van der Waals surface area contributed by atoms with Crippen LogP contribution in [0.2, 0.25) is 0 Å². The Morgan fingerprint density at radius 3 is 2.69 bits per heavy atom. The van der Waals surface area contributed by atoms with E-state index in [0.29, 0.717) is 0 Å². The number of furan rings is 1. The van der Waals surface area contributed by atoms with Crippen LogP contribution in [0.4, 0.5) is 0 Å². The molecule has 0 spiro atoms. The van der Waals surface area contributed by atoms with Crippen LogP contribution in [0.3, 0.4) is 0 Å². The molecule has 0 atom stereocenters. The first-order valence-corrected chi connectivity index (χ1v) is 4.87. The summed E-state index contributed by atoms with van der Waals surface area (Å²) in [6.07, 6.45) is 6.10. The lowest BCUT2D eigenvalue weighted by molar-refractivity contribution is 0.0922. The Balaban J connectivity index is 2.12. The average Bonchev–Trinajstić information content (AvgIpc) is 2.72. The summed E-state index contributed by atoms with van der Waals surface area (Å²) >= 11 is 0. The van der Waals surface area contributed by atoms with Gasteiger partial charge in [0.05, 0.1) is 5.56 Å². The van der Waals surface area contributed by atoms with Crippen LogP contribution in [0.5, 0.6) is 0 Å². The van der Waals surface area contributed by atoms with Gasteiger partial charge in [-0.3, -0.25) is 4.79 Å². The van der Waals surface area contributed by atoms with E-state index in [9.17, 15) is 4.79 Å². The zero-order valence-electron chi connectivity index (χ0n) is 7.88. The van der Waals surface area contributed by atoms with Gasteiger partial charge in [-0.25, -0.2) is 0 Å². The minimum absolute atomic E-state index is 0.261. The molecule has 1 aromatic rings. The van der Waals surface area contributed by atoms with Crippen LogP contribution in [0.15, 0.2) is 16.7 Å². The van der Waals surface area contributed by atoms with Gasteiger partial charge in [-0.2, -0.15) is 0 Å². The highest BCUT2D eigenvalue weighted by Gasteiger charge is 2.24. The molecule has 1 aromatic heterocycles. The van der Waals surface area contributed by atoms with Crippen LogP contribution < -0.4 is 0 Å². The molecule has 1 aliphatic rings. The van der Waals surface area contributed by atoms with Crippen molar-refractivity contribution in [3.05, 3.63) is 23.7 Å². The van der Waals surface area contributed by atoms with E-state index in [4.69, 9.17) is 4.42 Å². The fourth-order valence-corrected chi connectivity index (χ4v) is 2.00. The summed E-state index contributed by atoms with van der Waals surface area (Å²) < 4.78 is 5.12. The molecule has 0 aliphatic heterocycles. The second-order valence-corrected chi connectivity index (χ2v) is 3.79. The minimum atomic E-state index is 0.261. The van der Waals surface area contributed by atoms with Crippen molar-refractivity contribution < 1.29 is 9.21 Å². The van der Waals surface area contributed by atoms with Gasteiger partial charge in [-0.15, -0.1) is 0 Å². The molecule has 1 saturated carbocycles. The molecule has 1 heterocycles. The zero-order chi connectivity index (χ0) is 9.26. The number of rotatable bonds is 2. The molecule has 0 amide bonds. The normalized spacial score (nSPS) is 17.9. The fourth-order valence-electron chi connectivity index (χ4n) is 2.00. The summed E-state index contributed by atoms with van der Waals surface area (Å²) in [7, 11) is 0. The monoisotopic (exact) mass is 178 g/mol. The largest absolute Gasteiger partial charge is 0.469 e. The molecule has 0 bridgehead atoms. The fraction of sp³-hybridized carbons (Fsp3) is 0.545. The highest BCUT2D eigenvalue weighted by atomic mass is 16.3. The molecule has 0 N–H and O–H groups in total. The lowest BCUT2D eigenvalue weighted by Gasteiger charge is -2.03. The maximum Gasteiger partial charge on any atom is 0.169 e. The van der Waals surface area contributed by atoms with E-state index in [1.807, 2.05) is 13.0 Å². The molecule has 1 aliphatic carbocycles. The molecule has 2 rings (SSSR count). The van der Waals surface area contributed by atoms with Crippen molar-refractivity contribution in [1.29, 1.82) is 0 Å². The highest BCUT2D eigenvalue weighted by Crippen LogP contribution is 2.28. The maximum absolute atomic E-state index is 11.8. The highest BCUT2D eigenvalue weighted by molar-refractivity contribution is 5.97. The van der Waals surface area contributed by atoms with E-state index in [1.165, 1.54) is 12.8 Å². The van der Waals surface area contributed by atoms with Crippen LogP contribution in [-0.4, -0.2) is 5.78 Å². The van der Waals surface area contributed by atoms with Crippen molar-refractivity contribution in [2.45, 2.75) is 32.6 Å². The van der Waals surface area contributed by atoms with E-state index in [0.717, 1.165) is 24.2 Å². The Hall–Kier alpha value is -1.05. The third-order valence-electron chi connectivity index (χ3n) is 2.74. The van der Waals surface area contributed by atoms with E-state index < -0.39 is 0 Å². The standard InChI is InChI=1S/C11H14O2/c1-8-6-10(7-13-8)11(12)9-4-2-3-5-9/h6-7,9H,2-5H2,1H3. The number of hydrogen-bond acceptors (Lipinski definition) is 2. The molecular weight excluding hydrogens is 164 g/mol. The van der Waals surface area contributed by atoms with Crippen LogP contribution in [-0.2, 0) is 0 Å². The van der Waals surface area contributed by atoms with E-state index in [1.54, 1.807) is 6.26 Å². The molecule has 0 aromatic carbocycles. The number of carbonyl (C=O) groups is 1. The summed E-state index contributed by atoms with van der Waals surface area (Å²) in [6.45, 7) is 1.87. The SMILES string of the molecule is Cc1cc(C(=O)C2CCCC2)co1. The van der Waals surface area contributed by atoms with Crippen LogP contribution in [0.1, 0.15) is 41.8 Å². The Bertz CT molecular complexity index is 306. The Morgan fingerprint density at radius 2 is 2.15 bits per heavy atom. The maximum atomic E-state index is 11.8. The molecule has 2 nitrogen and oxygen atoms in total. The quantitative estimate of drug-likeness (QED) is 0.652. The van der Waals surface area contributed by atoms with E-state index >= 15 is 0 Å². The van der Waals surface area contributed by atoms with Gasteiger partial charge in [0.15, 0.2) is 5.78 Å². The van der Waals surface area contributed by atoms with Crippen LogP contribution >= 0.6 is 0 Å². The second kappa shape index (κ2) is 3.36. The Labute approximate surface area is 77.9 Å². The van der Waals surface area contributed by atoms with Crippen molar-refractivity contribution >= 4 is 5.78 Å². The second-order valence-electron chi connectivity index (χ2n) is 3.79. The zero-order valence-corrected chi connectivity index (χ0v) is 7.88. The van der Waals surface area contributed by atoms with E-state index in [2.05, 4.69) is 0 Å². The number of ketones is 1. The van der Waals surface area contributed by atoms with Crippen LogP contribution in [0.25, 0.3) is 0 Å². The lowest BCUT2D eigenvalue weighted by Crippen LogP contribution is -2.09. The van der Waals surface area contributed by atoms with Gasteiger partial charge in [0.2, 0.25) is 0 Å². The van der Waals surface area contributed by atoms with E-state index in [-0.39, 0.29) is 11.7 Å². The van der Waals surface area contributed by atoms with Gasteiger partial charge in [0, 0.05) is 5.92 Å². The molecule has 1 fully saturated rings. The first-order valence-electron chi connectivity index (χ1n) is 4.87. The number of hydrogen-bond donors (Lipinski definition) is 0. The molecular formula is C11H14O2. The Morgan fingerprint density at radius 1 is 1.46 bits per heavy atom. The van der Waals surface area contributed by atoms with Crippen molar-refractivity contribution in [2.75, 3.05) is 0 Å². The first-order chi connectivity index (χ1) is 6.27. The molecule has 0 unspecified atom stereocenters. The van der Waals surface area contributed by atoms with Gasteiger partial charge >= 0.3 is 0 Å². The van der Waals surface area contributed by atoms with Crippen LogP contribution in [0, 0.1) is 12.8 Å². The van der Waals surface area contributed by atoms with Crippen molar-refractivity contribution in [3.8, 4) is 0 Å².